The summed E-state index contributed by atoms with van der Waals surface area (Å²) in [7, 11) is 0. The van der Waals surface area contributed by atoms with Gasteiger partial charge in [-0.05, 0) is 6.42 Å². The van der Waals surface area contributed by atoms with Crippen molar-refractivity contribution < 1.29 is 13.9 Å². The second-order valence-corrected chi connectivity index (χ2v) is 4.79. The molecular formula is C9H11F2NOS. The van der Waals surface area contributed by atoms with Crippen LogP contribution in [0.3, 0.4) is 0 Å². The van der Waals surface area contributed by atoms with E-state index in [-0.39, 0.29) is 12.8 Å². The summed E-state index contributed by atoms with van der Waals surface area (Å²) in [4.78, 5) is 3.90. The first kappa shape index (κ1) is 9.98. The number of alkyl halides is 2. The van der Waals surface area contributed by atoms with E-state index >= 15 is 0 Å². The van der Waals surface area contributed by atoms with Crippen molar-refractivity contribution in [3.8, 4) is 0 Å². The summed E-state index contributed by atoms with van der Waals surface area (Å²) in [6, 6.07) is 0. The number of halogens is 2. The molecule has 1 fully saturated rings. The third-order valence-corrected chi connectivity index (χ3v) is 3.41. The fourth-order valence-electron chi connectivity index (χ4n) is 1.59. The molecule has 0 saturated heterocycles. The quantitative estimate of drug-likeness (QED) is 0.847. The van der Waals surface area contributed by atoms with E-state index in [4.69, 9.17) is 0 Å². The Labute approximate surface area is 84.6 Å². The number of rotatable bonds is 3. The number of aliphatic hydroxyl groups excluding tert-OH is 1. The largest absolute Gasteiger partial charge is 0.387 e. The third kappa shape index (κ3) is 1.54. The van der Waals surface area contributed by atoms with Gasteiger partial charge in [0.15, 0.2) is 0 Å². The van der Waals surface area contributed by atoms with Gasteiger partial charge in [0.05, 0.1) is 17.3 Å². The maximum atomic E-state index is 12.9. The average molecular weight is 219 g/mol. The second-order valence-electron chi connectivity index (χ2n) is 4.08. The van der Waals surface area contributed by atoms with E-state index in [2.05, 4.69) is 4.98 Å². The molecule has 0 spiro atoms. The first-order chi connectivity index (χ1) is 6.45. The number of aliphatic hydroxyl groups is 1. The minimum atomic E-state index is -2.61. The van der Waals surface area contributed by atoms with E-state index < -0.39 is 17.4 Å². The average Bonchev–Trinajstić information content (AvgIpc) is 2.55. The molecule has 1 aromatic heterocycles. The van der Waals surface area contributed by atoms with E-state index in [1.807, 2.05) is 0 Å². The zero-order valence-corrected chi connectivity index (χ0v) is 8.52. The van der Waals surface area contributed by atoms with Crippen molar-refractivity contribution in [3.05, 3.63) is 16.6 Å². The molecule has 2 unspecified atom stereocenters. The molecule has 1 heterocycles. The lowest BCUT2D eigenvalue weighted by Crippen LogP contribution is -2.12. The Balaban J connectivity index is 2.00. The minimum Gasteiger partial charge on any atom is -0.387 e. The molecule has 14 heavy (non-hydrogen) atoms. The first-order valence-corrected chi connectivity index (χ1v) is 5.33. The van der Waals surface area contributed by atoms with Crippen molar-refractivity contribution in [1.29, 1.82) is 0 Å². The van der Waals surface area contributed by atoms with Crippen molar-refractivity contribution in [3.63, 3.8) is 0 Å². The summed E-state index contributed by atoms with van der Waals surface area (Å²) in [5.41, 5.74) is 1.06. The van der Waals surface area contributed by atoms with Crippen molar-refractivity contribution in [2.45, 2.75) is 31.8 Å². The van der Waals surface area contributed by atoms with E-state index in [0.717, 1.165) is 0 Å². The van der Waals surface area contributed by atoms with Gasteiger partial charge in [-0.2, -0.15) is 0 Å². The summed E-state index contributed by atoms with van der Waals surface area (Å²) < 4.78 is 25.7. The molecule has 0 radical (unpaired) electrons. The molecule has 0 aromatic carbocycles. The lowest BCUT2D eigenvalue weighted by atomic mass is 9.99. The van der Waals surface area contributed by atoms with E-state index in [9.17, 15) is 13.9 Å². The van der Waals surface area contributed by atoms with E-state index in [1.165, 1.54) is 18.3 Å². The van der Waals surface area contributed by atoms with E-state index in [0.29, 0.717) is 5.69 Å². The van der Waals surface area contributed by atoms with Gasteiger partial charge in [-0.3, -0.25) is 0 Å². The lowest BCUT2D eigenvalue weighted by molar-refractivity contribution is 0.0410. The van der Waals surface area contributed by atoms with Crippen molar-refractivity contribution in [2.24, 2.45) is 5.41 Å². The predicted molar refractivity (Wildman–Crippen MR) is 49.4 cm³/mol. The molecule has 0 aliphatic heterocycles. The van der Waals surface area contributed by atoms with Gasteiger partial charge in [-0.25, -0.2) is 13.8 Å². The molecule has 5 heteroatoms. The van der Waals surface area contributed by atoms with Gasteiger partial charge >= 0.3 is 0 Å². The smallest absolute Gasteiger partial charge is 0.254 e. The van der Waals surface area contributed by atoms with Crippen LogP contribution in [0.2, 0.25) is 0 Å². The normalized spacial score (nSPS) is 31.4. The van der Waals surface area contributed by atoms with Crippen molar-refractivity contribution in [2.75, 3.05) is 0 Å². The number of hydrogen-bond acceptors (Lipinski definition) is 3. The van der Waals surface area contributed by atoms with Crippen LogP contribution in [0.15, 0.2) is 10.9 Å². The van der Waals surface area contributed by atoms with Crippen LogP contribution in [0.4, 0.5) is 8.78 Å². The molecule has 1 aliphatic carbocycles. The van der Waals surface area contributed by atoms with Crippen LogP contribution in [0, 0.1) is 5.41 Å². The molecule has 2 atom stereocenters. The third-order valence-electron chi connectivity index (χ3n) is 2.81. The highest BCUT2D eigenvalue weighted by Crippen LogP contribution is 2.63. The fraction of sp³-hybridized carbons (Fsp3) is 0.667. The number of nitrogens with zero attached hydrogens (tertiary/aromatic N) is 1. The highest BCUT2D eigenvalue weighted by Gasteiger charge is 2.67. The zero-order chi connectivity index (χ0) is 10.4. The molecule has 1 saturated carbocycles. The number of hydrogen-bond donors (Lipinski definition) is 1. The topological polar surface area (TPSA) is 33.1 Å². The minimum absolute atomic E-state index is 0.0870. The maximum Gasteiger partial charge on any atom is 0.254 e. The Bertz CT molecular complexity index is 328. The van der Waals surface area contributed by atoms with Gasteiger partial charge in [0.1, 0.15) is 0 Å². The molecule has 1 aromatic rings. The molecule has 2 rings (SSSR count). The first-order valence-electron chi connectivity index (χ1n) is 4.39. The lowest BCUT2D eigenvalue weighted by Gasteiger charge is -2.13. The van der Waals surface area contributed by atoms with Gasteiger partial charge < -0.3 is 5.11 Å². The van der Waals surface area contributed by atoms with Gasteiger partial charge in [0, 0.05) is 17.2 Å². The molecule has 0 amide bonds. The van der Waals surface area contributed by atoms with Crippen LogP contribution in [0.25, 0.3) is 0 Å². The monoisotopic (exact) mass is 219 g/mol. The molecule has 0 bridgehead atoms. The number of thiazole rings is 1. The molecule has 1 aliphatic rings. The summed E-state index contributed by atoms with van der Waals surface area (Å²) >= 11 is 1.36. The summed E-state index contributed by atoms with van der Waals surface area (Å²) in [5, 5.41) is 11.3. The second kappa shape index (κ2) is 2.97. The standard InChI is InChI=1S/C9H11F2NOS/c1-8(4-9(8,10)11)2-7(13)6-3-14-5-12-6/h3,5,7,13H,2,4H2,1H3. The summed E-state index contributed by atoms with van der Waals surface area (Å²) in [6.07, 6.45) is -0.898. The van der Waals surface area contributed by atoms with Crippen LogP contribution in [-0.2, 0) is 0 Å². The Hall–Kier alpha value is -0.550. The van der Waals surface area contributed by atoms with Gasteiger partial charge in [0.2, 0.25) is 0 Å². The highest BCUT2D eigenvalue weighted by molar-refractivity contribution is 7.07. The van der Waals surface area contributed by atoms with Crippen LogP contribution < -0.4 is 0 Å². The summed E-state index contributed by atoms with van der Waals surface area (Å²) in [6.45, 7) is 1.50. The Morgan fingerprint density at radius 2 is 2.36 bits per heavy atom. The van der Waals surface area contributed by atoms with Crippen LogP contribution in [0.5, 0.6) is 0 Å². The highest BCUT2D eigenvalue weighted by atomic mass is 32.1. The Morgan fingerprint density at radius 1 is 1.71 bits per heavy atom. The van der Waals surface area contributed by atoms with Crippen molar-refractivity contribution >= 4 is 11.3 Å². The molecular weight excluding hydrogens is 208 g/mol. The van der Waals surface area contributed by atoms with Gasteiger partial charge in [0.25, 0.3) is 5.92 Å². The Morgan fingerprint density at radius 3 is 2.79 bits per heavy atom. The van der Waals surface area contributed by atoms with E-state index in [1.54, 1.807) is 10.9 Å². The SMILES string of the molecule is CC1(CC(O)c2cscn2)CC1(F)F. The summed E-state index contributed by atoms with van der Waals surface area (Å²) in [5.74, 6) is -2.61. The molecule has 78 valence electrons. The van der Waals surface area contributed by atoms with Crippen LogP contribution in [0.1, 0.15) is 31.6 Å². The van der Waals surface area contributed by atoms with Crippen LogP contribution in [-0.4, -0.2) is 16.0 Å². The van der Waals surface area contributed by atoms with Crippen molar-refractivity contribution in [1.82, 2.24) is 4.98 Å². The molecule has 2 nitrogen and oxygen atoms in total. The fourth-order valence-corrected chi connectivity index (χ4v) is 2.19. The zero-order valence-electron chi connectivity index (χ0n) is 7.70. The van der Waals surface area contributed by atoms with Gasteiger partial charge in [-0.1, -0.05) is 6.92 Å². The van der Waals surface area contributed by atoms with Gasteiger partial charge in [-0.15, -0.1) is 11.3 Å². The van der Waals surface area contributed by atoms with Crippen LogP contribution >= 0.6 is 11.3 Å². The molecule has 1 N–H and O–H groups in total. The number of aromatic nitrogens is 1. The maximum absolute atomic E-state index is 12.9. The predicted octanol–water partition coefficient (Wildman–Crippen LogP) is 2.61. The Kier molecular flexibility index (Phi) is 2.12.